The van der Waals surface area contributed by atoms with Gasteiger partial charge in [0.1, 0.15) is 17.5 Å². The molecule has 0 saturated carbocycles. The van der Waals surface area contributed by atoms with Gasteiger partial charge in [-0.15, -0.1) is 11.6 Å². The highest BCUT2D eigenvalue weighted by Crippen LogP contribution is 2.30. The Bertz CT molecular complexity index is 398. The molecule has 16 heavy (non-hydrogen) atoms. The molecule has 1 saturated heterocycles. The lowest BCUT2D eigenvalue weighted by Gasteiger charge is -2.39. The molecular weight excluding hydrogens is 236 g/mol. The SMILES string of the molecule is O=C(CCl)N1CC(c2c(F)cccc2F)C1. The van der Waals surface area contributed by atoms with Crippen LogP contribution >= 0.6 is 11.6 Å². The summed E-state index contributed by atoms with van der Waals surface area (Å²) in [5, 5.41) is 0. The minimum absolute atomic E-state index is 0.0705. The number of amides is 1. The summed E-state index contributed by atoms with van der Waals surface area (Å²) >= 11 is 5.38. The molecule has 0 aliphatic carbocycles. The lowest BCUT2D eigenvalue weighted by atomic mass is 9.90. The van der Waals surface area contributed by atoms with E-state index in [1.54, 1.807) is 0 Å². The van der Waals surface area contributed by atoms with Gasteiger partial charge >= 0.3 is 0 Å². The second kappa shape index (κ2) is 4.37. The zero-order chi connectivity index (χ0) is 11.7. The number of carbonyl (C=O) groups is 1. The number of nitrogens with zero attached hydrogens (tertiary/aromatic N) is 1. The first-order chi connectivity index (χ1) is 7.63. The molecule has 5 heteroatoms. The molecule has 0 aromatic heterocycles. The molecule has 1 heterocycles. The lowest BCUT2D eigenvalue weighted by Crippen LogP contribution is -2.49. The van der Waals surface area contributed by atoms with Crippen LogP contribution in [-0.2, 0) is 4.79 Å². The number of alkyl halides is 1. The summed E-state index contributed by atoms with van der Waals surface area (Å²) in [5.74, 6) is -1.65. The van der Waals surface area contributed by atoms with Crippen molar-refractivity contribution in [3.8, 4) is 0 Å². The van der Waals surface area contributed by atoms with Gasteiger partial charge in [0.2, 0.25) is 5.91 Å². The standard InChI is InChI=1S/C11H10ClF2NO/c12-4-10(16)15-5-7(6-15)11-8(13)2-1-3-9(11)14/h1-3,7H,4-6H2. The number of rotatable bonds is 2. The minimum atomic E-state index is -0.553. The van der Waals surface area contributed by atoms with Gasteiger partial charge in [0.25, 0.3) is 0 Å². The average molecular weight is 246 g/mol. The Kier molecular flexibility index (Phi) is 3.10. The molecule has 1 aliphatic rings. The van der Waals surface area contributed by atoms with Crippen molar-refractivity contribution in [1.82, 2.24) is 4.90 Å². The van der Waals surface area contributed by atoms with E-state index < -0.39 is 11.6 Å². The molecular formula is C11H10ClF2NO. The van der Waals surface area contributed by atoms with Crippen LogP contribution in [0.4, 0.5) is 8.78 Å². The molecule has 0 spiro atoms. The van der Waals surface area contributed by atoms with E-state index >= 15 is 0 Å². The van der Waals surface area contributed by atoms with Crippen LogP contribution in [0.2, 0.25) is 0 Å². The van der Waals surface area contributed by atoms with E-state index in [0.717, 1.165) is 0 Å². The van der Waals surface area contributed by atoms with E-state index in [2.05, 4.69) is 0 Å². The maximum Gasteiger partial charge on any atom is 0.237 e. The highest BCUT2D eigenvalue weighted by Gasteiger charge is 2.34. The second-order valence-corrected chi connectivity index (χ2v) is 4.03. The van der Waals surface area contributed by atoms with Gasteiger partial charge in [-0.3, -0.25) is 4.79 Å². The number of halogens is 3. The minimum Gasteiger partial charge on any atom is -0.340 e. The zero-order valence-corrected chi connectivity index (χ0v) is 9.18. The van der Waals surface area contributed by atoms with Gasteiger partial charge in [-0.05, 0) is 12.1 Å². The topological polar surface area (TPSA) is 20.3 Å². The predicted molar refractivity (Wildman–Crippen MR) is 56.4 cm³/mol. The third-order valence-corrected chi connectivity index (χ3v) is 2.99. The number of carbonyl (C=O) groups excluding carboxylic acids is 1. The molecule has 1 aromatic rings. The van der Waals surface area contributed by atoms with Crippen LogP contribution < -0.4 is 0 Å². The number of likely N-dealkylation sites (tertiary alicyclic amines) is 1. The third-order valence-electron chi connectivity index (χ3n) is 2.76. The molecule has 0 N–H and O–H groups in total. The van der Waals surface area contributed by atoms with Crippen molar-refractivity contribution in [1.29, 1.82) is 0 Å². The maximum absolute atomic E-state index is 13.4. The number of hydrogen-bond donors (Lipinski definition) is 0. The summed E-state index contributed by atoms with van der Waals surface area (Å²) in [5.41, 5.74) is 0.0705. The maximum atomic E-state index is 13.4. The number of hydrogen-bond acceptors (Lipinski definition) is 1. The Balaban J connectivity index is 2.09. The first kappa shape index (κ1) is 11.3. The normalized spacial score (nSPS) is 16.1. The summed E-state index contributed by atoms with van der Waals surface area (Å²) < 4.78 is 26.7. The van der Waals surface area contributed by atoms with Gasteiger partial charge in [0, 0.05) is 24.6 Å². The van der Waals surface area contributed by atoms with Crippen molar-refractivity contribution in [2.45, 2.75) is 5.92 Å². The van der Waals surface area contributed by atoms with Crippen molar-refractivity contribution >= 4 is 17.5 Å². The van der Waals surface area contributed by atoms with Crippen LogP contribution in [-0.4, -0.2) is 29.8 Å². The molecule has 1 aliphatic heterocycles. The molecule has 2 nitrogen and oxygen atoms in total. The number of benzene rings is 1. The Morgan fingerprint density at radius 2 is 1.94 bits per heavy atom. The van der Waals surface area contributed by atoms with Crippen LogP contribution in [0.25, 0.3) is 0 Å². The average Bonchev–Trinajstić information content (AvgIpc) is 2.19. The predicted octanol–water partition coefficient (Wildman–Crippen LogP) is 2.13. The van der Waals surface area contributed by atoms with Gasteiger partial charge in [-0.2, -0.15) is 0 Å². The van der Waals surface area contributed by atoms with Crippen LogP contribution in [0.1, 0.15) is 11.5 Å². The van der Waals surface area contributed by atoms with Gasteiger partial charge in [-0.1, -0.05) is 6.07 Å². The highest BCUT2D eigenvalue weighted by molar-refractivity contribution is 6.27. The van der Waals surface area contributed by atoms with Crippen molar-refractivity contribution in [3.05, 3.63) is 35.4 Å². The fourth-order valence-corrected chi connectivity index (χ4v) is 2.02. The first-order valence-corrected chi connectivity index (χ1v) is 5.44. The smallest absolute Gasteiger partial charge is 0.237 e. The molecule has 0 unspecified atom stereocenters. The highest BCUT2D eigenvalue weighted by atomic mass is 35.5. The molecule has 1 fully saturated rings. The van der Waals surface area contributed by atoms with Crippen molar-refractivity contribution in [2.24, 2.45) is 0 Å². The van der Waals surface area contributed by atoms with Crippen LogP contribution in [0.15, 0.2) is 18.2 Å². The molecule has 86 valence electrons. The summed E-state index contributed by atoms with van der Waals surface area (Å²) in [6, 6.07) is 3.78. The monoisotopic (exact) mass is 245 g/mol. The van der Waals surface area contributed by atoms with Crippen LogP contribution in [0, 0.1) is 11.6 Å². The van der Waals surface area contributed by atoms with Gasteiger partial charge in [0.15, 0.2) is 0 Å². The Labute approximate surface area is 96.8 Å². The summed E-state index contributed by atoms with van der Waals surface area (Å²) in [6.45, 7) is 0.673. The van der Waals surface area contributed by atoms with Crippen molar-refractivity contribution < 1.29 is 13.6 Å². The molecule has 1 aromatic carbocycles. The van der Waals surface area contributed by atoms with Crippen molar-refractivity contribution in [3.63, 3.8) is 0 Å². The molecule has 0 atom stereocenters. The van der Waals surface area contributed by atoms with E-state index in [1.807, 2.05) is 0 Å². The molecule has 0 radical (unpaired) electrons. The molecule has 1 amide bonds. The fourth-order valence-electron chi connectivity index (χ4n) is 1.85. The Hall–Kier alpha value is -1.16. The van der Waals surface area contributed by atoms with Crippen LogP contribution in [0.5, 0.6) is 0 Å². The molecule has 2 rings (SSSR count). The Morgan fingerprint density at radius 1 is 1.38 bits per heavy atom. The lowest BCUT2D eigenvalue weighted by molar-refractivity contribution is -0.132. The van der Waals surface area contributed by atoms with Crippen molar-refractivity contribution in [2.75, 3.05) is 19.0 Å². The van der Waals surface area contributed by atoms with E-state index in [0.29, 0.717) is 13.1 Å². The van der Waals surface area contributed by atoms with E-state index in [-0.39, 0.29) is 23.3 Å². The summed E-state index contributed by atoms with van der Waals surface area (Å²) in [7, 11) is 0. The van der Waals surface area contributed by atoms with Gasteiger partial charge in [-0.25, -0.2) is 8.78 Å². The van der Waals surface area contributed by atoms with E-state index in [1.165, 1.54) is 23.1 Å². The fraction of sp³-hybridized carbons (Fsp3) is 0.364. The summed E-state index contributed by atoms with van der Waals surface area (Å²) in [6.07, 6.45) is 0. The van der Waals surface area contributed by atoms with E-state index in [9.17, 15) is 13.6 Å². The largest absolute Gasteiger partial charge is 0.340 e. The van der Waals surface area contributed by atoms with Gasteiger partial charge in [0.05, 0.1) is 0 Å². The van der Waals surface area contributed by atoms with Crippen LogP contribution in [0.3, 0.4) is 0 Å². The summed E-state index contributed by atoms with van der Waals surface area (Å²) in [4.78, 5) is 12.6. The quantitative estimate of drug-likeness (QED) is 0.731. The molecule has 0 bridgehead atoms. The third kappa shape index (κ3) is 1.89. The second-order valence-electron chi connectivity index (χ2n) is 3.76. The first-order valence-electron chi connectivity index (χ1n) is 4.91. The van der Waals surface area contributed by atoms with Gasteiger partial charge < -0.3 is 4.90 Å². The zero-order valence-electron chi connectivity index (χ0n) is 8.42. The van der Waals surface area contributed by atoms with E-state index in [4.69, 9.17) is 11.6 Å². The Morgan fingerprint density at radius 3 is 2.44 bits per heavy atom.